The molecule has 0 amide bonds. The Morgan fingerprint density at radius 1 is 1.05 bits per heavy atom. The molecular formula is C15H15F2NO. The summed E-state index contributed by atoms with van der Waals surface area (Å²) in [4.78, 5) is 0. The molecule has 2 aromatic rings. The summed E-state index contributed by atoms with van der Waals surface area (Å²) >= 11 is 0. The van der Waals surface area contributed by atoms with Crippen LogP contribution in [-0.2, 0) is 6.54 Å². The maximum Gasteiger partial charge on any atom is 0.160 e. The van der Waals surface area contributed by atoms with Gasteiger partial charge in [0.2, 0.25) is 0 Å². The van der Waals surface area contributed by atoms with E-state index in [1.54, 1.807) is 7.11 Å². The third-order valence-electron chi connectivity index (χ3n) is 2.88. The van der Waals surface area contributed by atoms with Crippen LogP contribution in [0.1, 0.15) is 11.1 Å². The molecule has 0 radical (unpaired) electrons. The highest BCUT2D eigenvalue weighted by molar-refractivity contribution is 5.45. The largest absolute Gasteiger partial charge is 0.496 e. The predicted molar refractivity (Wildman–Crippen MR) is 71.4 cm³/mol. The van der Waals surface area contributed by atoms with Crippen molar-refractivity contribution in [3.05, 3.63) is 59.2 Å². The maximum absolute atomic E-state index is 13.0. The van der Waals surface area contributed by atoms with E-state index in [1.165, 1.54) is 6.07 Å². The van der Waals surface area contributed by atoms with Crippen LogP contribution in [0.3, 0.4) is 0 Å². The lowest BCUT2D eigenvalue weighted by Gasteiger charge is -2.09. The number of hydrogen-bond acceptors (Lipinski definition) is 2. The summed E-state index contributed by atoms with van der Waals surface area (Å²) in [5.74, 6) is -0.863. The highest BCUT2D eigenvalue weighted by atomic mass is 19.2. The molecule has 0 bridgehead atoms. The Hall–Kier alpha value is -2.10. The van der Waals surface area contributed by atoms with Crippen LogP contribution >= 0.6 is 0 Å². The summed E-state index contributed by atoms with van der Waals surface area (Å²) in [6.07, 6.45) is 0. The molecule has 0 spiro atoms. The minimum Gasteiger partial charge on any atom is -0.496 e. The molecule has 0 atom stereocenters. The van der Waals surface area contributed by atoms with E-state index in [2.05, 4.69) is 5.32 Å². The number of methoxy groups -OCH3 is 1. The minimum atomic E-state index is -0.851. The Morgan fingerprint density at radius 2 is 1.84 bits per heavy atom. The normalized spacial score (nSPS) is 10.3. The molecule has 0 fully saturated rings. The van der Waals surface area contributed by atoms with Crippen molar-refractivity contribution < 1.29 is 13.5 Å². The summed E-state index contributed by atoms with van der Waals surface area (Å²) < 4.78 is 31.0. The molecule has 0 unspecified atom stereocenters. The second-order valence-corrected chi connectivity index (χ2v) is 4.29. The van der Waals surface area contributed by atoms with E-state index in [0.29, 0.717) is 12.2 Å². The lowest BCUT2D eigenvalue weighted by Crippen LogP contribution is -2.01. The second kappa shape index (κ2) is 5.69. The lowest BCUT2D eigenvalue weighted by atomic mass is 10.1. The highest BCUT2D eigenvalue weighted by Crippen LogP contribution is 2.20. The van der Waals surface area contributed by atoms with Gasteiger partial charge in [-0.25, -0.2) is 8.78 Å². The molecule has 0 aliphatic heterocycles. The van der Waals surface area contributed by atoms with Gasteiger partial charge in [0.15, 0.2) is 11.6 Å². The third kappa shape index (κ3) is 3.22. The average Bonchev–Trinajstić information content (AvgIpc) is 2.40. The van der Waals surface area contributed by atoms with Crippen LogP contribution in [0.5, 0.6) is 5.75 Å². The van der Waals surface area contributed by atoms with Gasteiger partial charge in [-0.05, 0) is 36.2 Å². The van der Waals surface area contributed by atoms with E-state index in [9.17, 15) is 8.78 Å². The standard InChI is InChI=1S/C15H15F2NO/c1-10-7-11(3-6-15(10)19-2)9-18-12-4-5-13(16)14(17)8-12/h3-8,18H,9H2,1-2H3. The molecular weight excluding hydrogens is 248 g/mol. The Balaban J connectivity index is 2.05. The van der Waals surface area contributed by atoms with Gasteiger partial charge in [-0.2, -0.15) is 0 Å². The first kappa shape index (κ1) is 13.3. The fraction of sp³-hybridized carbons (Fsp3) is 0.200. The zero-order chi connectivity index (χ0) is 13.8. The van der Waals surface area contributed by atoms with Gasteiger partial charge in [-0.3, -0.25) is 0 Å². The van der Waals surface area contributed by atoms with Crippen molar-refractivity contribution in [1.82, 2.24) is 0 Å². The number of benzene rings is 2. The number of rotatable bonds is 4. The lowest BCUT2D eigenvalue weighted by molar-refractivity contribution is 0.411. The van der Waals surface area contributed by atoms with Gasteiger partial charge in [0, 0.05) is 18.3 Å². The zero-order valence-electron chi connectivity index (χ0n) is 10.8. The summed E-state index contributed by atoms with van der Waals surface area (Å²) in [7, 11) is 1.63. The summed E-state index contributed by atoms with van der Waals surface area (Å²) in [6, 6.07) is 9.57. The minimum absolute atomic E-state index is 0.538. The van der Waals surface area contributed by atoms with Crippen molar-refractivity contribution in [3.63, 3.8) is 0 Å². The summed E-state index contributed by atoms with van der Waals surface area (Å²) in [5, 5.41) is 3.05. The van der Waals surface area contributed by atoms with Crippen molar-refractivity contribution >= 4 is 5.69 Å². The summed E-state index contributed by atoms with van der Waals surface area (Å²) in [5.41, 5.74) is 2.63. The first-order valence-electron chi connectivity index (χ1n) is 5.92. The van der Waals surface area contributed by atoms with Gasteiger partial charge in [0.05, 0.1) is 7.11 Å². The van der Waals surface area contributed by atoms with Crippen molar-refractivity contribution in [3.8, 4) is 5.75 Å². The zero-order valence-corrected chi connectivity index (χ0v) is 10.8. The second-order valence-electron chi connectivity index (χ2n) is 4.29. The predicted octanol–water partition coefficient (Wildman–Crippen LogP) is 3.89. The van der Waals surface area contributed by atoms with E-state index < -0.39 is 11.6 Å². The van der Waals surface area contributed by atoms with E-state index in [1.807, 2.05) is 25.1 Å². The van der Waals surface area contributed by atoms with Crippen molar-refractivity contribution in [2.75, 3.05) is 12.4 Å². The molecule has 2 aromatic carbocycles. The molecule has 4 heteroatoms. The Kier molecular flexibility index (Phi) is 4.00. The van der Waals surface area contributed by atoms with E-state index in [-0.39, 0.29) is 0 Å². The highest BCUT2D eigenvalue weighted by Gasteiger charge is 2.03. The molecule has 19 heavy (non-hydrogen) atoms. The molecule has 100 valence electrons. The van der Waals surface area contributed by atoms with Crippen LogP contribution in [0.15, 0.2) is 36.4 Å². The number of ether oxygens (including phenoxy) is 1. The van der Waals surface area contributed by atoms with Crippen LogP contribution in [0.4, 0.5) is 14.5 Å². The van der Waals surface area contributed by atoms with Gasteiger partial charge in [0.1, 0.15) is 5.75 Å². The molecule has 2 rings (SSSR count). The summed E-state index contributed by atoms with van der Waals surface area (Å²) in [6.45, 7) is 2.50. The third-order valence-corrected chi connectivity index (χ3v) is 2.88. The SMILES string of the molecule is COc1ccc(CNc2ccc(F)c(F)c2)cc1C. The van der Waals surface area contributed by atoms with Crippen LogP contribution in [0.25, 0.3) is 0 Å². The first-order valence-corrected chi connectivity index (χ1v) is 5.92. The average molecular weight is 263 g/mol. The van der Waals surface area contributed by atoms with E-state index in [0.717, 1.165) is 29.0 Å². The number of hydrogen-bond donors (Lipinski definition) is 1. The van der Waals surface area contributed by atoms with Crippen LogP contribution in [-0.4, -0.2) is 7.11 Å². The topological polar surface area (TPSA) is 21.3 Å². The number of halogens is 2. The number of aryl methyl sites for hydroxylation is 1. The van der Waals surface area contributed by atoms with Crippen LogP contribution in [0.2, 0.25) is 0 Å². The van der Waals surface area contributed by atoms with Crippen molar-refractivity contribution in [2.24, 2.45) is 0 Å². The Labute approximate surface area is 111 Å². The molecule has 0 aliphatic rings. The molecule has 0 aromatic heterocycles. The first-order chi connectivity index (χ1) is 9.10. The fourth-order valence-electron chi connectivity index (χ4n) is 1.86. The van der Waals surface area contributed by atoms with E-state index in [4.69, 9.17) is 4.74 Å². The van der Waals surface area contributed by atoms with Gasteiger partial charge >= 0.3 is 0 Å². The molecule has 1 N–H and O–H groups in total. The van der Waals surface area contributed by atoms with Crippen LogP contribution in [0, 0.1) is 18.6 Å². The molecule has 0 saturated heterocycles. The monoisotopic (exact) mass is 263 g/mol. The molecule has 0 aliphatic carbocycles. The van der Waals surface area contributed by atoms with Crippen LogP contribution < -0.4 is 10.1 Å². The molecule has 2 nitrogen and oxygen atoms in total. The number of anilines is 1. The fourth-order valence-corrected chi connectivity index (χ4v) is 1.86. The molecule has 0 heterocycles. The van der Waals surface area contributed by atoms with Gasteiger partial charge in [-0.15, -0.1) is 0 Å². The van der Waals surface area contributed by atoms with Gasteiger partial charge in [-0.1, -0.05) is 12.1 Å². The van der Waals surface area contributed by atoms with Crippen molar-refractivity contribution in [1.29, 1.82) is 0 Å². The Morgan fingerprint density at radius 3 is 2.47 bits per heavy atom. The maximum atomic E-state index is 13.0. The van der Waals surface area contributed by atoms with Gasteiger partial charge in [0.25, 0.3) is 0 Å². The van der Waals surface area contributed by atoms with E-state index >= 15 is 0 Å². The van der Waals surface area contributed by atoms with Crippen molar-refractivity contribution in [2.45, 2.75) is 13.5 Å². The number of nitrogens with one attached hydrogen (secondary N) is 1. The smallest absolute Gasteiger partial charge is 0.160 e. The molecule has 0 saturated carbocycles. The Bertz CT molecular complexity index is 584. The quantitative estimate of drug-likeness (QED) is 0.903. The van der Waals surface area contributed by atoms with Gasteiger partial charge < -0.3 is 10.1 Å².